The summed E-state index contributed by atoms with van der Waals surface area (Å²) in [6.07, 6.45) is 1.91. The third kappa shape index (κ3) is 6.28. The summed E-state index contributed by atoms with van der Waals surface area (Å²) in [6, 6.07) is 13.2. The quantitative estimate of drug-likeness (QED) is 0.741. The third-order valence-corrected chi connectivity index (χ3v) is 3.65. The first-order chi connectivity index (χ1) is 11.1. The highest BCUT2D eigenvalue weighted by Gasteiger charge is 2.05. The molecule has 0 fully saturated rings. The number of ether oxygens (including phenoxy) is 1. The van der Waals surface area contributed by atoms with Crippen LogP contribution in [0.2, 0.25) is 5.02 Å². The molecule has 2 aromatic carbocycles. The lowest BCUT2D eigenvalue weighted by atomic mass is 10.1. The van der Waals surface area contributed by atoms with Crippen molar-refractivity contribution < 1.29 is 13.9 Å². The Kier molecular flexibility index (Phi) is 6.88. The highest BCUT2D eigenvalue weighted by Crippen LogP contribution is 2.15. The van der Waals surface area contributed by atoms with Crippen LogP contribution in [0.1, 0.15) is 18.4 Å². The van der Waals surface area contributed by atoms with Crippen molar-refractivity contribution in [3.63, 3.8) is 0 Å². The van der Waals surface area contributed by atoms with E-state index in [2.05, 4.69) is 5.32 Å². The largest absolute Gasteiger partial charge is 0.494 e. The van der Waals surface area contributed by atoms with Gasteiger partial charge >= 0.3 is 0 Å². The van der Waals surface area contributed by atoms with Crippen LogP contribution in [0.15, 0.2) is 48.5 Å². The first-order valence-corrected chi connectivity index (χ1v) is 7.91. The Hall–Kier alpha value is -2.07. The molecule has 0 aliphatic carbocycles. The standard InChI is InChI=1S/C18H19ClFNO2/c19-17-6-2-1-5-14(17)13-18(22)21-11-3-4-12-23-16-9-7-15(20)8-10-16/h1-2,5-10H,3-4,11-13H2,(H,21,22). The van der Waals surface area contributed by atoms with Crippen LogP contribution in [0, 0.1) is 5.82 Å². The van der Waals surface area contributed by atoms with Crippen LogP contribution in [0.3, 0.4) is 0 Å². The van der Waals surface area contributed by atoms with Gasteiger partial charge in [-0.3, -0.25) is 4.79 Å². The van der Waals surface area contributed by atoms with Crippen molar-refractivity contribution in [1.82, 2.24) is 5.32 Å². The zero-order chi connectivity index (χ0) is 16.5. The normalized spacial score (nSPS) is 10.3. The van der Waals surface area contributed by atoms with Crippen molar-refractivity contribution in [2.45, 2.75) is 19.3 Å². The molecule has 2 rings (SSSR count). The lowest BCUT2D eigenvalue weighted by Gasteiger charge is -2.08. The molecule has 0 heterocycles. The molecule has 0 aliphatic heterocycles. The Morgan fingerprint density at radius 2 is 1.83 bits per heavy atom. The highest BCUT2D eigenvalue weighted by atomic mass is 35.5. The maximum absolute atomic E-state index is 12.7. The van der Waals surface area contributed by atoms with Gasteiger partial charge in [-0.15, -0.1) is 0 Å². The van der Waals surface area contributed by atoms with Crippen molar-refractivity contribution in [2.24, 2.45) is 0 Å². The number of benzene rings is 2. The molecule has 0 atom stereocenters. The number of halogens is 2. The second-order valence-corrected chi connectivity index (χ2v) is 5.53. The second-order valence-electron chi connectivity index (χ2n) is 5.13. The molecular formula is C18H19ClFNO2. The van der Waals surface area contributed by atoms with Gasteiger partial charge in [0.1, 0.15) is 11.6 Å². The number of hydrogen-bond donors (Lipinski definition) is 1. The first kappa shape index (κ1) is 17.3. The van der Waals surface area contributed by atoms with Gasteiger partial charge in [-0.2, -0.15) is 0 Å². The summed E-state index contributed by atoms with van der Waals surface area (Å²) in [6.45, 7) is 1.13. The van der Waals surface area contributed by atoms with E-state index in [0.29, 0.717) is 23.9 Å². The van der Waals surface area contributed by atoms with E-state index in [-0.39, 0.29) is 18.1 Å². The molecular weight excluding hydrogens is 317 g/mol. The maximum Gasteiger partial charge on any atom is 0.224 e. The van der Waals surface area contributed by atoms with E-state index in [0.717, 1.165) is 18.4 Å². The number of carbonyl (C=O) groups excluding carboxylic acids is 1. The monoisotopic (exact) mass is 335 g/mol. The Balaban J connectivity index is 1.57. The molecule has 0 saturated heterocycles. The fraction of sp³-hybridized carbons (Fsp3) is 0.278. The number of carbonyl (C=O) groups is 1. The smallest absolute Gasteiger partial charge is 0.224 e. The maximum atomic E-state index is 12.7. The molecule has 0 bridgehead atoms. The van der Waals surface area contributed by atoms with Crippen molar-refractivity contribution in [3.8, 4) is 5.75 Å². The predicted molar refractivity (Wildman–Crippen MR) is 89.3 cm³/mol. The van der Waals surface area contributed by atoms with E-state index in [1.807, 2.05) is 18.2 Å². The minimum Gasteiger partial charge on any atom is -0.494 e. The van der Waals surface area contributed by atoms with Crippen molar-refractivity contribution in [1.29, 1.82) is 0 Å². The number of unbranched alkanes of at least 4 members (excludes halogenated alkanes) is 1. The predicted octanol–water partition coefficient (Wildman–Crippen LogP) is 4.00. The minimum atomic E-state index is -0.279. The van der Waals surface area contributed by atoms with Crippen molar-refractivity contribution >= 4 is 17.5 Å². The van der Waals surface area contributed by atoms with Crippen LogP contribution in [0.4, 0.5) is 4.39 Å². The van der Waals surface area contributed by atoms with Gasteiger partial charge in [0.05, 0.1) is 13.0 Å². The van der Waals surface area contributed by atoms with Crippen molar-refractivity contribution in [2.75, 3.05) is 13.2 Å². The molecule has 3 nitrogen and oxygen atoms in total. The zero-order valence-electron chi connectivity index (χ0n) is 12.7. The van der Waals surface area contributed by atoms with Crippen LogP contribution in [0.25, 0.3) is 0 Å². The molecule has 0 unspecified atom stereocenters. The molecule has 0 aliphatic rings. The van der Waals surface area contributed by atoms with Gasteiger partial charge in [0.2, 0.25) is 5.91 Å². The van der Waals surface area contributed by atoms with E-state index in [1.165, 1.54) is 12.1 Å². The third-order valence-electron chi connectivity index (χ3n) is 3.28. The van der Waals surface area contributed by atoms with E-state index in [9.17, 15) is 9.18 Å². The fourth-order valence-electron chi connectivity index (χ4n) is 2.05. The molecule has 0 aromatic heterocycles. The lowest BCUT2D eigenvalue weighted by molar-refractivity contribution is -0.120. The van der Waals surface area contributed by atoms with Gasteiger partial charge in [-0.25, -0.2) is 4.39 Å². The summed E-state index contributed by atoms with van der Waals surface area (Å²) in [7, 11) is 0. The number of nitrogens with one attached hydrogen (secondary N) is 1. The summed E-state index contributed by atoms with van der Waals surface area (Å²) in [5.74, 6) is 0.324. The second kappa shape index (κ2) is 9.16. The van der Waals surface area contributed by atoms with Gasteiger partial charge in [-0.05, 0) is 48.7 Å². The van der Waals surface area contributed by atoms with Gasteiger partial charge in [-0.1, -0.05) is 29.8 Å². The van der Waals surface area contributed by atoms with E-state index < -0.39 is 0 Å². The molecule has 0 spiro atoms. The molecule has 2 aromatic rings. The summed E-state index contributed by atoms with van der Waals surface area (Å²) in [5, 5.41) is 3.47. The lowest BCUT2D eigenvalue weighted by Crippen LogP contribution is -2.26. The van der Waals surface area contributed by atoms with Crippen LogP contribution in [0.5, 0.6) is 5.75 Å². The van der Waals surface area contributed by atoms with E-state index in [1.54, 1.807) is 18.2 Å². The average Bonchev–Trinajstić information content (AvgIpc) is 2.54. The molecule has 0 saturated carbocycles. The highest BCUT2D eigenvalue weighted by molar-refractivity contribution is 6.31. The molecule has 5 heteroatoms. The Morgan fingerprint density at radius 3 is 2.57 bits per heavy atom. The van der Waals surface area contributed by atoms with Gasteiger partial charge in [0, 0.05) is 11.6 Å². The molecule has 0 radical (unpaired) electrons. The first-order valence-electron chi connectivity index (χ1n) is 7.53. The van der Waals surface area contributed by atoms with Crippen molar-refractivity contribution in [3.05, 3.63) is 64.9 Å². The number of amides is 1. The summed E-state index contributed by atoms with van der Waals surface area (Å²) in [5.41, 5.74) is 0.825. The Labute approximate surface area is 140 Å². The molecule has 1 N–H and O–H groups in total. The summed E-state index contributed by atoms with van der Waals surface area (Å²) >= 11 is 6.02. The minimum absolute atomic E-state index is 0.0439. The SMILES string of the molecule is O=C(Cc1ccccc1Cl)NCCCCOc1ccc(F)cc1. The Morgan fingerprint density at radius 1 is 1.09 bits per heavy atom. The van der Waals surface area contributed by atoms with E-state index >= 15 is 0 Å². The number of rotatable bonds is 8. The zero-order valence-corrected chi connectivity index (χ0v) is 13.5. The summed E-state index contributed by atoms with van der Waals surface area (Å²) in [4.78, 5) is 11.8. The van der Waals surface area contributed by atoms with Gasteiger partial charge < -0.3 is 10.1 Å². The van der Waals surface area contributed by atoms with Crippen LogP contribution in [-0.4, -0.2) is 19.1 Å². The topological polar surface area (TPSA) is 38.3 Å². The van der Waals surface area contributed by atoms with Gasteiger partial charge in [0.25, 0.3) is 0 Å². The van der Waals surface area contributed by atoms with Crippen LogP contribution in [-0.2, 0) is 11.2 Å². The van der Waals surface area contributed by atoms with Crippen LogP contribution >= 0.6 is 11.6 Å². The molecule has 1 amide bonds. The van der Waals surface area contributed by atoms with Gasteiger partial charge in [0.15, 0.2) is 0 Å². The fourth-order valence-corrected chi connectivity index (χ4v) is 2.26. The Bertz CT molecular complexity index is 631. The van der Waals surface area contributed by atoms with Crippen LogP contribution < -0.4 is 10.1 Å². The average molecular weight is 336 g/mol. The number of hydrogen-bond acceptors (Lipinski definition) is 2. The summed E-state index contributed by atoms with van der Waals surface area (Å²) < 4.78 is 18.2. The van der Waals surface area contributed by atoms with E-state index in [4.69, 9.17) is 16.3 Å². The molecule has 122 valence electrons. The molecule has 23 heavy (non-hydrogen) atoms.